The summed E-state index contributed by atoms with van der Waals surface area (Å²) in [4.78, 5) is 21.9. The van der Waals surface area contributed by atoms with Crippen LogP contribution in [0.1, 0.15) is 15.9 Å². The Balaban J connectivity index is 1.32. The maximum atomic E-state index is 12.9. The molecular weight excluding hydrogens is 539 g/mol. The third-order valence-electron chi connectivity index (χ3n) is 6.33. The SMILES string of the molecule is O=C(c1ccc(CN(CCOc2ccccc2)c2nc(-c3ccc(Cl)c(Cl)c3)cs2)cc1)N1CCNCC1. The third kappa shape index (κ3) is 6.66. The molecule has 2 heterocycles. The number of piperazine rings is 1. The van der Waals surface area contributed by atoms with Gasteiger partial charge in [-0.25, -0.2) is 4.98 Å². The molecule has 0 spiro atoms. The van der Waals surface area contributed by atoms with Crippen molar-refractivity contribution >= 4 is 45.6 Å². The van der Waals surface area contributed by atoms with Gasteiger partial charge in [0.25, 0.3) is 5.91 Å². The van der Waals surface area contributed by atoms with Crippen LogP contribution in [0.25, 0.3) is 11.3 Å². The molecule has 3 aromatic carbocycles. The van der Waals surface area contributed by atoms with Gasteiger partial charge in [-0.2, -0.15) is 0 Å². The molecule has 0 aliphatic carbocycles. The van der Waals surface area contributed by atoms with E-state index in [1.807, 2.05) is 77.0 Å². The number of thiazole rings is 1. The zero-order chi connectivity index (χ0) is 26.3. The zero-order valence-electron chi connectivity index (χ0n) is 20.8. The van der Waals surface area contributed by atoms with Gasteiger partial charge in [0.2, 0.25) is 0 Å². The molecule has 1 aromatic heterocycles. The number of rotatable bonds is 9. The van der Waals surface area contributed by atoms with E-state index in [0.29, 0.717) is 35.3 Å². The number of para-hydroxylation sites is 1. The average molecular weight is 568 g/mol. The molecule has 0 atom stereocenters. The number of hydrogen-bond donors (Lipinski definition) is 1. The van der Waals surface area contributed by atoms with Crippen molar-refractivity contribution in [2.75, 3.05) is 44.2 Å². The third-order valence-corrected chi connectivity index (χ3v) is 7.97. The minimum absolute atomic E-state index is 0.0809. The van der Waals surface area contributed by atoms with Crippen LogP contribution in [0.5, 0.6) is 5.75 Å². The van der Waals surface area contributed by atoms with E-state index in [9.17, 15) is 4.79 Å². The van der Waals surface area contributed by atoms with Crippen LogP contribution in [-0.2, 0) is 6.54 Å². The van der Waals surface area contributed by atoms with Crippen LogP contribution in [0.4, 0.5) is 5.13 Å². The van der Waals surface area contributed by atoms with Crippen molar-refractivity contribution < 1.29 is 9.53 Å². The number of carbonyl (C=O) groups is 1. The molecule has 0 radical (unpaired) electrons. The fourth-order valence-electron chi connectivity index (χ4n) is 4.25. The highest BCUT2D eigenvalue weighted by Crippen LogP contribution is 2.32. The number of nitrogens with one attached hydrogen (secondary N) is 1. The molecule has 1 N–H and O–H groups in total. The number of nitrogens with zero attached hydrogens (tertiary/aromatic N) is 3. The number of carbonyl (C=O) groups excluding carboxylic acids is 1. The van der Waals surface area contributed by atoms with Crippen molar-refractivity contribution in [2.45, 2.75) is 6.54 Å². The van der Waals surface area contributed by atoms with Crippen molar-refractivity contribution in [3.63, 3.8) is 0 Å². The lowest BCUT2D eigenvalue weighted by Crippen LogP contribution is -2.46. The first-order chi connectivity index (χ1) is 18.6. The number of anilines is 1. The fourth-order valence-corrected chi connectivity index (χ4v) is 5.41. The van der Waals surface area contributed by atoms with Gasteiger partial charge in [-0.3, -0.25) is 4.79 Å². The second kappa shape index (κ2) is 12.6. The number of benzene rings is 3. The van der Waals surface area contributed by atoms with E-state index in [0.717, 1.165) is 53.9 Å². The molecule has 9 heteroatoms. The molecular formula is C29H28Cl2N4O2S. The van der Waals surface area contributed by atoms with Crippen molar-refractivity contribution in [1.82, 2.24) is 15.2 Å². The van der Waals surface area contributed by atoms with Gasteiger partial charge in [-0.15, -0.1) is 11.3 Å². The normalized spacial score (nSPS) is 13.4. The van der Waals surface area contributed by atoms with Crippen LogP contribution >= 0.6 is 34.5 Å². The molecule has 1 saturated heterocycles. The Morgan fingerprint density at radius 3 is 2.50 bits per heavy atom. The molecule has 0 bridgehead atoms. The van der Waals surface area contributed by atoms with E-state index >= 15 is 0 Å². The fraction of sp³-hybridized carbons (Fsp3) is 0.241. The highest BCUT2D eigenvalue weighted by molar-refractivity contribution is 7.14. The van der Waals surface area contributed by atoms with E-state index in [2.05, 4.69) is 10.2 Å². The van der Waals surface area contributed by atoms with Gasteiger partial charge < -0.3 is 19.9 Å². The van der Waals surface area contributed by atoms with Gasteiger partial charge in [0.05, 0.1) is 22.3 Å². The summed E-state index contributed by atoms with van der Waals surface area (Å²) in [5.74, 6) is 0.913. The van der Waals surface area contributed by atoms with Crippen LogP contribution in [-0.4, -0.2) is 55.1 Å². The molecule has 1 aliphatic heterocycles. The lowest BCUT2D eigenvalue weighted by molar-refractivity contribution is 0.0736. The van der Waals surface area contributed by atoms with Crippen LogP contribution in [0, 0.1) is 0 Å². The zero-order valence-corrected chi connectivity index (χ0v) is 23.1. The Hall–Kier alpha value is -3.10. The standard InChI is InChI=1S/C29H28Cl2N4O2S/c30-25-11-10-23(18-26(25)31)27-20-38-29(33-27)35(16-17-37-24-4-2-1-3-5-24)19-21-6-8-22(9-7-21)28(36)34-14-12-32-13-15-34/h1-11,18,20,32H,12-17,19H2. The molecule has 38 heavy (non-hydrogen) atoms. The summed E-state index contributed by atoms with van der Waals surface area (Å²) in [7, 11) is 0. The van der Waals surface area contributed by atoms with E-state index < -0.39 is 0 Å². The lowest BCUT2D eigenvalue weighted by Gasteiger charge is -2.27. The number of ether oxygens (including phenoxy) is 1. The number of aromatic nitrogens is 1. The van der Waals surface area contributed by atoms with Crippen molar-refractivity contribution in [1.29, 1.82) is 0 Å². The van der Waals surface area contributed by atoms with E-state index in [4.69, 9.17) is 32.9 Å². The number of halogens is 2. The minimum atomic E-state index is 0.0809. The quantitative estimate of drug-likeness (QED) is 0.259. The molecule has 196 valence electrons. The van der Waals surface area contributed by atoms with E-state index in [1.165, 1.54) is 0 Å². The first-order valence-electron chi connectivity index (χ1n) is 12.5. The smallest absolute Gasteiger partial charge is 0.253 e. The van der Waals surface area contributed by atoms with E-state index in [1.54, 1.807) is 17.4 Å². The Labute approximate surface area is 236 Å². The largest absolute Gasteiger partial charge is 0.492 e. The maximum absolute atomic E-state index is 12.9. The van der Waals surface area contributed by atoms with Crippen LogP contribution < -0.4 is 15.0 Å². The Morgan fingerprint density at radius 2 is 1.76 bits per heavy atom. The topological polar surface area (TPSA) is 57.7 Å². The maximum Gasteiger partial charge on any atom is 0.253 e. The van der Waals surface area contributed by atoms with Gasteiger partial charge in [0.1, 0.15) is 12.4 Å². The Morgan fingerprint density at radius 1 is 1.00 bits per heavy atom. The van der Waals surface area contributed by atoms with Crippen molar-refractivity contribution in [3.05, 3.63) is 99.3 Å². The summed E-state index contributed by atoms with van der Waals surface area (Å²) < 4.78 is 5.98. The van der Waals surface area contributed by atoms with Crippen LogP contribution in [0.2, 0.25) is 10.0 Å². The van der Waals surface area contributed by atoms with E-state index in [-0.39, 0.29) is 5.91 Å². The summed E-state index contributed by atoms with van der Waals surface area (Å²) in [5, 5.41) is 7.21. The average Bonchev–Trinajstić information content (AvgIpc) is 3.45. The highest BCUT2D eigenvalue weighted by atomic mass is 35.5. The predicted octanol–water partition coefficient (Wildman–Crippen LogP) is 6.25. The predicted molar refractivity (Wildman–Crippen MR) is 156 cm³/mol. The molecule has 1 amide bonds. The second-order valence-corrected chi connectivity index (χ2v) is 10.6. The van der Waals surface area contributed by atoms with Gasteiger partial charge in [-0.05, 0) is 42.0 Å². The molecule has 6 nitrogen and oxygen atoms in total. The summed E-state index contributed by atoms with van der Waals surface area (Å²) in [6.07, 6.45) is 0. The number of amides is 1. The van der Waals surface area contributed by atoms with Gasteiger partial charge >= 0.3 is 0 Å². The van der Waals surface area contributed by atoms with Crippen molar-refractivity contribution in [2.24, 2.45) is 0 Å². The summed E-state index contributed by atoms with van der Waals surface area (Å²) in [5.41, 5.74) is 3.56. The van der Waals surface area contributed by atoms with Crippen molar-refractivity contribution in [3.8, 4) is 17.0 Å². The lowest BCUT2D eigenvalue weighted by atomic mass is 10.1. The van der Waals surface area contributed by atoms with Gasteiger partial charge in [0, 0.05) is 49.2 Å². The second-order valence-electron chi connectivity index (χ2n) is 8.97. The number of hydrogen-bond acceptors (Lipinski definition) is 6. The van der Waals surface area contributed by atoms with Gasteiger partial charge in [-0.1, -0.05) is 59.6 Å². The monoisotopic (exact) mass is 566 g/mol. The first-order valence-corrected chi connectivity index (χ1v) is 14.1. The molecule has 1 fully saturated rings. The highest BCUT2D eigenvalue weighted by Gasteiger charge is 2.19. The summed E-state index contributed by atoms with van der Waals surface area (Å²) in [6.45, 7) is 4.93. The molecule has 0 saturated carbocycles. The Bertz CT molecular complexity index is 1360. The summed E-state index contributed by atoms with van der Waals surface area (Å²) in [6, 6.07) is 23.2. The molecule has 0 unspecified atom stereocenters. The Kier molecular flexibility index (Phi) is 8.81. The summed E-state index contributed by atoms with van der Waals surface area (Å²) >= 11 is 13.9. The van der Waals surface area contributed by atoms with Gasteiger partial charge in [0.15, 0.2) is 5.13 Å². The molecule has 4 aromatic rings. The molecule has 5 rings (SSSR count). The van der Waals surface area contributed by atoms with Crippen LogP contribution in [0.15, 0.2) is 78.2 Å². The minimum Gasteiger partial charge on any atom is -0.492 e. The van der Waals surface area contributed by atoms with Crippen LogP contribution in [0.3, 0.4) is 0 Å². The first kappa shape index (κ1) is 26.5. The molecule has 1 aliphatic rings.